The maximum atomic E-state index is 13.3. The van der Waals surface area contributed by atoms with Crippen LogP contribution in [0.15, 0.2) is 60.9 Å². The summed E-state index contributed by atoms with van der Waals surface area (Å²) in [4.78, 5) is 69.2. The van der Waals surface area contributed by atoms with Crippen LogP contribution in [-0.2, 0) is 19.1 Å². The van der Waals surface area contributed by atoms with Gasteiger partial charge in [-0.3, -0.25) is 9.59 Å². The van der Waals surface area contributed by atoms with E-state index >= 15 is 0 Å². The predicted octanol–water partition coefficient (Wildman–Crippen LogP) is 4.69. The van der Waals surface area contributed by atoms with Crippen molar-refractivity contribution in [2.75, 3.05) is 7.11 Å². The molecule has 8 atom stereocenters. The average molecular weight is 693 g/mol. The molecule has 2 aromatic heterocycles. The molecule has 8 rings (SSSR count). The summed E-state index contributed by atoms with van der Waals surface area (Å²) < 4.78 is 9.64. The van der Waals surface area contributed by atoms with Crippen LogP contribution in [0.3, 0.4) is 0 Å². The number of aromatic amines is 2. The normalized spacial score (nSPS) is 25.4. The van der Waals surface area contributed by atoms with E-state index in [-0.39, 0.29) is 36.0 Å². The summed E-state index contributed by atoms with van der Waals surface area (Å²) in [5, 5.41) is 2.59. The first-order valence-corrected chi connectivity index (χ1v) is 17.4. The van der Waals surface area contributed by atoms with Crippen LogP contribution in [0.25, 0.3) is 33.6 Å². The minimum Gasteiger partial charge on any atom is -0.453 e. The number of hydrogen-bond donors (Lipinski definition) is 4. The Bertz CT molecular complexity index is 1990. The number of primary amides is 1. The average Bonchev–Trinajstić information content (AvgIpc) is 3.73. The second-order valence-corrected chi connectivity index (χ2v) is 14.1. The van der Waals surface area contributed by atoms with Crippen molar-refractivity contribution in [2.45, 2.75) is 75.8 Å². The molecule has 14 heteroatoms. The number of alkyl carbamates (subject to hydrolysis) is 1. The molecule has 5 N–H and O–H groups in total. The van der Waals surface area contributed by atoms with Crippen molar-refractivity contribution >= 4 is 24.0 Å². The van der Waals surface area contributed by atoms with Gasteiger partial charge in [0.05, 0.1) is 43.0 Å². The second kappa shape index (κ2) is 12.6. The van der Waals surface area contributed by atoms with Gasteiger partial charge in [-0.05, 0) is 73.6 Å². The number of fused-ring (bicyclic) bond motifs is 2. The lowest BCUT2D eigenvalue weighted by Gasteiger charge is -2.29. The number of aromatic nitrogens is 4. The number of benzene rings is 2. The maximum absolute atomic E-state index is 13.3. The zero-order chi connectivity index (χ0) is 35.6. The van der Waals surface area contributed by atoms with Crippen LogP contribution in [0.1, 0.15) is 63.3 Å². The monoisotopic (exact) mass is 692 g/mol. The lowest BCUT2D eigenvalue weighted by molar-refractivity contribution is -0.141. The Morgan fingerprint density at radius 3 is 1.65 bits per heavy atom. The molecular weight excluding hydrogens is 652 g/mol. The largest absolute Gasteiger partial charge is 0.453 e. The molecule has 0 spiro atoms. The third-order valence-electron chi connectivity index (χ3n) is 10.8. The van der Waals surface area contributed by atoms with Crippen molar-refractivity contribution in [1.82, 2.24) is 35.1 Å². The summed E-state index contributed by atoms with van der Waals surface area (Å²) in [6.07, 6.45) is 4.64. The fraction of sp³-hybridized carbons (Fsp3) is 0.405. The number of methoxy groups -OCH3 is 1. The predicted molar refractivity (Wildman–Crippen MR) is 184 cm³/mol. The Morgan fingerprint density at radius 1 is 0.745 bits per heavy atom. The highest BCUT2D eigenvalue weighted by Gasteiger charge is 2.57. The number of ether oxygens (including phenoxy) is 2. The van der Waals surface area contributed by atoms with E-state index in [1.54, 1.807) is 31.1 Å². The molecule has 14 nitrogen and oxygen atoms in total. The number of H-pyrrole nitrogens is 2. The van der Waals surface area contributed by atoms with Crippen molar-refractivity contribution in [2.24, 2.45) is 17.6 Å². The van der Waals surface area contributed by atoms with Gasteiger partial charge in [0.1, 0.15) is 17.7 Å². The molecule has 0 bridgehead atoms. The molecule has 4 amide bonds. The van der Waals surface area contributed by atoms with Gasteiger partial charge in [0.2, 0.25) is 5.91 Å². The molecule has 51 heavy (non-hydrogen) atoms. The van der Waals surface area contributed by atoms with Crippen LogP contribution in [0.5, 0.6) is 0 Å². The molecule has 4 fully saturated rings. The van der Waals surface area contributed by atoms with Crippen molar-refractivity contribution in [1.29, 1.82) is 0 Å². The number of piperidine rings is 2. The third-order valence-corrected chi connectivity index (χ3v) is 10.8. The Hall–Kier alpha value is -5.66. The number of imidazole rings is 2. The molecule has 2 aromatic carbocycles. The highest BCUT2D eigenvalue weighted by atomic mass is 16.6. The third kappa shape index (κ3) is 6.08. The topological polar surface area (TPSA) is 189 Å². The van der Waals surface area contributed by atoms with E-state index in [1.165, 1.54) is 7.11 Å². The molecule has 4 heterocycles. The standard InChI is InChI=1S/C37H40N8O6/c1-18(41-37(49)50-3)34(46)44-28-12-24(28)14-30(44)32-39-16-26(42-32)22-8-4-20(5-9-22)21-6-10-23(11-7-21)27-17-40-33(43-27)31-15-25-13-29(25)45(31)35(47)19(2)51-36(38)48/h4-11,16-19,24-25,28-31H,12-15H2,1-3H3,(H2,38,48)(H,39,42)(H,40,43)(H,41,49)/t18-,19-,24?,25-,28?,29?,30?,31-/m0/s1. The summed E-state index contributed by atoms with van der Waals surface area (Å²) in [6, 6.07) is 15.7. The van der Waals surface area contributed by atoms with Gasteiger partial charge < -0.3 is 40.3 Å². The highest BCUT2D eigenvalue weighted by molar-refractivity contribution is 5.86. The summed E-state index contributed by atoms with van der Waals surface area (Å²) in [6.45, 7) is 3.22. The van der Waals surface area contributed by atoms with Gasteiger partial charge in [0.15, 0.2) is 6.10 Å². The maximum Gasteiger partial charge on any atom is 0.407 e. The van der Waals surface area contributed by atoms with Gasteiger partial charge >= 0.3 is 12.2 Å². The van der Waals surface area contributed by atoms with Crippen LogP contribution in [-0.4, -0.2) is 85.1 Å². The lowest BCUT2D eigenvalue weighted by Crippen LogP contribution is -2.47. The molecule has 4 aromatic rings. The van der Waals surface area contributed by atoms with Crippen LogP contribution in [0, 0.1) is 11.8 Å². The van der Waals surface area contributed by atoms with Gasteiger partial charge in [0.25, 0.3) is 5.91 Å². The quantitative estimate of drug-likeness (QED) is 0.194. The smallest absolute Gasteiger partial charge is 0.407 e. The first kappa shape index (κ1) is 32.5. The molecule has 4 unspecified atom stereocenters. The summed E-state index contributed by atoms with van der Waals surface area (Å²) >= 11 is 0. The lowest BCUT2D eigenvalue weighted by atomic mass is 10.0. The Morgan fingerprint density at radius 2 is 1.20 bits per heavy atom. The first-order valence-electron chi connectivity index (χ1n) is 17.4. The molecule has 2 aliphatic heterocycles. The molecule has 264 valence electrons. The van der Waals surface area contributed by atoms with Crippen molar-refractivity contribution in [3.63, 3.8) is 0 Å². The number of likely N-dealkylation sites (tertiary alicyclic amines) is 2. The zero-order valence-electron chi connectivity index (χ0n) is 28.5. The van der Waals surface area contributed by atoms with Crippen molar-refractivity contribution < 1.29 is 28.7 Å². The van der Waals surface area contributed by atoms with Crippen LogP contribution < -0.4 is 11.1 Å². The van der Waals surface area contributed by atoms with Gasteiger partial charge in [-0.25, -0.2) is 19.6 Å². The van der Waals surface area contributed by atoms with Crippen LogP contribution in [0.2, 0.25) is 0 Å². The van der Waals surface area contributed by atoms with E-state index in [9.17, 15) is 19.2 Å². The van der Waals surface area contributed by atoms with Gasteiger partial charge in [0, 0.05) is 12.1 Å². The Labute approximate surface area is 294 Å². The number of nitrogens with zero attached hydrogens (tertiary/aromatic N) is 4. The SMILES string of the molecule is COC(=O)N[C@@H](C)C(=O)N1C(c2ncc(-c3ccc(-c4ccc(-c5cnc([C@@H]6C[C@@H]7CC7N6C(=O)[C@H](C)OC(N)=O)[nH]5)cc4)cc3)[nH]2)CC2CC21. The summed E-state index contributed by atoms with van der Waals surface area (Å²) in [7, 11) is 1.28. The molecule has 2 saturated heterocycles. The molecule has 2 aliphatic carbocycles. The number of carbonyl (C=O) groups excluding carboxylic acids is 4. The molecular formula is C37H40N8O6. The van der Waals surface area contributed by atoms with Crippen molar-refractivity contribution in [3.8, 4) is 33.6 Å². The zero-order valence-corrected chi connectivity index (χ0v) is 28.5. The number of nitrogens with one attached hydrogen (secondary N) is 3. The van der Waals surface area contributed by atoms with Crippen LogP contribution >= 0.6 is 0 Å². The molecule has 0 radical (unpaired) electrons. The van der Waals surface area contributed by atoms with Gasteiger partial charge in [-0.15, -0.1) is 0 Å². The summed E-state index contributed by atoms with van der Waals surface area (Å²) in [5.74, 6) is 1.96. The Kier molecular flexibility index (Phi) is 8.03. The van der Waals surface area contributed by atoms with Crippen LogP contribution in [0.4, 0.5) is 9.59 Å². The summed E-state index contributed by atoms with van der Waals surface area (Å²) in [5.41, 5.74) is 10.9. The van der Waals surface area contributed by atoms with Gasteiger partial charge in [-0.2, -0.15) is 0 Å². The second-order valence-electron chi connectivity index (χ2n) is 14.1. The van der Waals surface area contributed by atoms with E-state index in [1.807, 2.05) is 29.2 Å². The van der Waals surface area contributed by atoms with E-state index in [2.05, 4.69) is 54.3 Å². The number of amides is 4. The number of hydrogen-bond acceptors (Lipinski definition) is 8. The van der Waals surface area contributed by atoms with Gasteiger partial charge in [-0.1, -0.05) is 48.5 Å². The van der Waals surface area contributed by atoms with Crippen molar-refractivity contribution in [3.05, 3.63) is 72.6 Å². The fourth-order valence-corrected chi connectivity index (χ4v) is 7.98. The number of rotatable bonds is 9. The van der Waals surface area contributed by atoms with E-state index in [4.69, 9.17) is 10.5 Å². The van der Waals surface area contributed by atoms with E-state index in [0.29, 0.717) is 17.7 Å². The molecule has 2 saturated carbocycles. The minimum absolute atomic E-state index is 0.135. The van der Waals surface area contributed by atoms with E-state index < -0.39 is 24.3 Å². The van der Waals surface area contributed by atoms with E-state index in [0.717, 1.165) is 65.1 Å². The fourth-order valence-electron chi connectivity index (χ4n) is 7.98. The highest BCUT2D eigenvalue weighted by Crippen LogP contribution is 2.54. The first-order chi connectivity index (χ1) is 24.6. The Balaban J connectivity index is 0.926. The minimum atomic E-state index is -0.966. The number of carbonyl (C=O) groups is 4. The number of nitrogens with two attached hydrogens (primary N) is 1. The molecule has 4 aliphatic rings.